The third kappa shape index (κ3) is 7.17. The first-order valence-electron chi connectivity index (χ1n) is 13.6. The molecule has 3 aromatic rings. The predicted molar refractivity (Wildman–Crippen MR) is 166 cm³/mol. The number of amides is 3. The second-order valence-corrected chi connectivity index (χ2v) is 13.5. The number of fused-ring (bicyclic) bond motifs is 1. The number of aromatic hydroxyl groups is 1. The minimum Gasteiger partial charge on any atom is -0.548 e. The van der Waals surface area contributed by atoms with Crippen molar-refractivity contribution in [2.24, 2.45) is 0 Å². The summed E-state index contributed by atoms with van der Waals surface area (Å²) in [6.07, 6.45) is 5.51. The van der Waals surface area contributed by atoms with E-state index in [0.29, 0.717) is 5.69 Å². The number of pyridine rings is 1. The van der Waals surface area contributed by atoms with E-state index in [-0.39, 0.29) is 46.4 Å². The smallest absolute Gasteiger partial charge is 0.548 e. The molecule has 3 amide bonds. The van der Waals surface area contributed by atoms with Gasteiger partial charge in [-0.2, -0.15) is 0 Å². The van der Waals surface area contributed by atoms with Crippen molar-refractivity contribution in [1.29, 1.82) is 0 Å². The van der Waals surface area contributed by atoms with Crippen molar-refractivity contribution >= 4 is 59.4 Å². The minimum absolute atomic E-state index is 0. The Labute approximate surface area is 289 Å². The first kappa shape index (κ1) is 34.4. The first-order valence-corrected chi connectivity index (χ1v) is 15.7. The molecule has 11 nitrogen and oxygen atoms in total. The molecule has 0 radical (unpaired) electrons. The zero-order valence-corrected chi connectivity index (χ0v) is 28.5. The monoisotopic (exact) mass is 656 g/mol. The van der Waals surface area contributed by atoms with Gasteiger partial charge in [0, 0.05) is 15.3 Å². The number of phenols is 1. The maximum Gasteiger partial charge on any atom is 1.00 e. The summed E-state index contributed by atoms with van der Waals surface area (Å²) in [6.45, 7) is 3.37. The van der Waals surface area contributed by atoms with Crippen LogP contribution in [-0.2, 0) is 14.4 Å². The zero-order valence-electron chi connectivity index (χ0n) is 24.9. The van der Waals surface area contributed by atoms with Gasteiger partial charge in [0.05, 0.1) is 12.0 Å². The van der Waals surface area contributed by atoms with Gasteiger partial charge in [0.15, 0.2) is 0 Å². The summed E-state index contributed by atoms with van der Waals surface area (Å²) >= 11 is 2.86. The third-order valence-electron chi connectivity index (χ3n) is 7.47. The van der Waals surface area contributed by atoms with E-state index in [1.807, 2.05) is 36.6 Å². The molecule has 228 valence electrons. The van der Waals surface area contributed by atoms with E-state index in [4.69, 9.17) is 0 Å². The van der Waals surface area contributed by atoms with E-state index < -0.39 is 57.5 Å². The van der Waals surface area contributed by atoms with Crippen molar-refractivity contribution in [3.63, 3.8) is 0 Å². The number of hydrogen-bond donors (Lipinski definition) is 4. The maximum absolute atomic E-state index is 13.5. The average Bonchev–Trinajstić information content (AvgIpc) is 3.25. The number of hydrogen-bond acceptors (Lipinski definition) is 9. The van der Waals surface area contributed by atoms with Crippen LogP contribution in [0.25, 0.3) is 12.2 Å². The number of nitrogens with one attached hydrogen (secondary N) is 3. The van der Waals surface area contributed by atoms with Crippen molar-refractivity contribution in [3.8, 4) is 5.75 Å². The van der Waals surface area contributed by atoms with Crippen LogP contribution in [0.2, 0.25) is 0 Å². The SMILES string of the molecule is CSc1ccc(/C=C/c2ccc(C(=O)N[C@H](C(=O)N[C@@H]3C(=O)N4[C@@H]3SC(C)(C)[C@@H]4C(=O)[O-])c3ccc(O)cc3)c(=O)[nH]2)cc1.[Na+]. The molecule has 4 N–H and O–H groups in total. The number of carboxylic acids is 1. The number of benzene rings is 2. The Morgan fingerprint density at radius 1 is 1.04 bits per heavy atom. The van der Waals surface area contributed by atoms with Crippen LogP contribution in [0.15, 0.2) is 70.4 Å². The van der Waals surface area contributed by atoms with Crippen LogP contribution in [0, 0.1) is 0 Å². The van der Waals surface area contributed by atoms with Crippen LogP contribution in [0.4, 0.5) is 0 Å². The molecule has 0 bridgehead atoms. The van der Waals surface area contributed by atoms with Crippen LogP contribution < -0.4 is 50.9 Å². The third-order valence-corrected chi connectivity index (χ3v) is 9.79. The number of carboxylic acid groups (broad SMARTS) is 1. The quantitative estimate of drug-likeness (QED) is 0.125. The van der Waals surface area contributed by atoms with E-state index in [0.717, 1.165) is 10.5 Å². The fourth-order valence-corrected chi connectivity index (χ4v) is 7.23. The molecule has 2 fully saturated rings. The molecule has 2 saturated heterocycles. The van der Waals surface area contributed by atoms with Crippen LogP contribution in [0.1, 0.15) is 47.1 Å². The van der Waals surface area contributed by atoms with Gasteiger partial charge in [-0.3, -0.25) is 19.2 Å². The minimum atomic E-state index is -1.38. The molecule has 1 aromatic heterocycles. The van der Waals surface area contributed by atoms with Crippen molar-refractivity contribution in [2.75, 3.05) is 6.26 Å². The summed E-state index contributed by atoms with van der Waals surface area (Å²) in [4.78, 5) is 69.2. The van der Waals surface area contributed by atoms with Crippen LogP contribution in [0.5, 0.6) is 5.75 Å². The Kier molecular flexibility index (Phi) is 10.6. The Morgan fingerprint density at radius 2 is 1.71 bits per heavy atom. The number of aliphatic carboxylic acids is 1. The molecular formula is C31H29N4NaO7S2. The Balaban J connectivity index is 0.00000461. The second-order valence-electron chi connectivity index (χ2n) is 10.8. The summed E-state index contributed by atoms with van der Waals surface area (Å²) in [5.41, 5.74) is 0.769. The molecule has 45 heavy (non-hydrogen) atoms. The van der Waals surface area contributed by atoms with E-state index in [1.165, 1.54) is 47.0 Å². The number of H-pyrrole nitrogens is 1. The zero-order chi connectivity index (χ0) is 31.8. The maximum atomic E-state index is 13.5. The van der Waals surface area contributed by atoms with Gasteiger partial charge in [0.2, 0.25) is 11.8 Å². The molecule has 5 rings (SSSR count). The van der Waals surface area contributed by atoms with Gasteiger partial charge in [-0.1, -0.05) is 30.3 Å². The summed E-state index contributed by atoms with van der Waals surface area (Å²) < 4.78 is -0.843. The normalized spacial score (nSPS) is 20.5. The number of aromatic amines is 1. The molecule has 2 aliphatic heterocycles. The van der Waals surface area contributed by atoms with Crippen LogP contribution in [0.3, 0.4) is 0 Å². The van der Waals surface area contributed by atoms with E-state index in [9.17, 15) is 34.2 Å². The summed E-state index contributed by atoms with van der Waals surface area (Å²) in [6, 6.07) is 12.8. The molecule has 3 heterocycles. The molecule has 14 heteroatoms. The van der Waals surface area contributed by atoms with Gasteiger partial charge in [-0.05, 0) is 73.7 Å². The molecule has 4 atom stereocenters. The number of carbonyl (C=O) groups is 4. The van der Waals surface area contributed by atoms with Gasteiger partial charge in [0.1, 0.15) is 28.8 Å². The van der Waals surface area contributed by atoms with Crippen molar-refractivity contribution in [1.82, 2.24) is 20.5 Å². The Hall–Kier alpha value is -3.49. The molecule has 2 aliphatic rings. The number of aromatic nitrogens is 1. The molecule has 0 saturated carbocycles. The number of thioether (sulfide) groups is 2. The molecule has 2 aromatic carbocycles. The van der Waals surface area contributed by atoms with Crippen molar-refractivity contribution in [2.45, 2.75) is 47.0 Å². The largest absolute Gasteiger partial charge is 1.00 e. The van der Waals surface area contributed by atoms with Gasteiger partial charge in [-0.25, -0.2) is 0 Å². The number of rotatable bonds is 9. The summed E-state index contributed by atoms with van der Waals surface area (Å²) in [7, 11) is 0. The van der Waals surface area contributed by atoms with E-state index in [1.54, 1.807) is 37.8 Å². The van der Waals surface area contributed by atoms with Gasteiger partial charge in [0.25, 0.3) is 11.5 Å². The topological polar surface area (TPSA) is 172 Å². The number of phenolic OH excluding ortho intramolecular Hbond substituents is 1. The number of nitrogens with zero attached hydrogens (tertiary/aromatic N) is 1. The Morgan fingerprint density at radius 3 is 2.31 bits per heavy atom. The standard InChI is InChI=1S/C31H30N4O7S2.Na/c1-31(2)24(30(41)42)35-28(40)23(29(35)44-31)34-27(39)22(17-7-11-19(36)12-8-17)33-26(38)21-15-10-18(32-25(21)37)9-4-16-5-13-20(43-3)14-6-16;/h4-15,22-24,29,36H,1-3H3,(H,32,37)(H,33,38)(H,34,39)(H,41,42);/q;+1/p-1/b9-4+;/t22-,23+,24-,29+;/m0./s1. The van der Waals surface area contributed by atoms with Crippen molar-refractivity contribution in [3.05, 3.63) is 93.4 Å². The summed E-state index contributed by atoms with van der Waals surface area (Å²) in [5, 5.41) is 26.0. The van der Waals surface area contributed by atoms with Gasteiger partial charge >= 0.3 is 29.6 Å². The number of carbonyl (C=O) groups excluding carboxylic acids is 4. The molecule has 0 unspecified atom stereocenters. The van der Waals surface area contributed by atoms with Crippen LogP contribution >= 0.6 is 23.5 Å². The second kappa shape index (κ2) is 13.9. The Bertz CT molecular complexity index is 1710. The van der Waals surface area contributed by atoms with Crippen molar-refractivity contribution < 1.29 is 58.9 Å². The van der Waals surface area contributed by atoms with E-state index >= 15 is 0 Å². The van der Waals surface area contributed by atoms with Gasteiger partial charge < -0.3 is 35.5 Å². The number of β-lactam (4-membered cyclic amide) rings is 1. The average molecular weight is 657 g/mol. The van der Waals surface area contributed by atoms with E-state index in [2.05, 4.69) is 15.6 Å². The van der Waals surface area contributed by atoms with Gasteiger partial charge in [-0.15, -0.1) is 23.5 Å². The van der Waals surface area contributed by atoms with Crippen LogP contribution in [-0.4, -0.2) is 67.1 Å². The fraction of sp³-hybridized carbons (Fsp3) is 0.258. The predicted octanol–water partition coefficient (Wildman–Crippen LogP) is -1.26. The molecular weight excluding hydrogens is 627 g/mol. The molecule has 0 aliphatic carbocycles. The summed E-state index contributed by atoms with van der Waals surface area (Å²) in [5.74, 6) is -3.61. The first-order chi connectivity index (χ1) is 20.9. The fourth-order valence-electron chi connectivity index (χ4n) is 5.20. The molecule has 0 spiro atoms.